The molecule has 2 nitrogen and oxygen atoms in total. The van der Waals surface area contributed by atoms with Gasteiger partial charge in [0.25, 0.3) is 0 Å². The summed E-state index contributed by atoms with van der Waals surface area (Å²) in [6.07, 6.45) is 2.72. The number of hydrogen-bond donors (Lipinski definition) is 1. The van der Waals surface area contributed by atoms with Gasteiger partial charge in [0.15, 0.2) is 0 Å². The van der Waals surface area contributed by atoms with Crippen LogP contribution in [-0.4, -0.2) is 22.3 Å². The highest BCUT2D eigenvalue weighted by atomic mass is 79.9. The molecule has 0 spiro atoms. The monoisotopic (exact) mass is 323 g/mol. The van der Waals surface area contributed by atoms with Gasteiger partial charge in [-0.05, 0) is 47.8 Å². The lowest BCUT2D eigenvalue weighted by Gasteiger charge is -2.11. The van der Waals surface area contributed by atoms with Gasteiger partial charge in [-0.1, -0.05) is 0 Å². The van der Waals surface area contributed by atoms with Crippen LogP contribution >= 0.6 is 27.3 Å². The molecule has 0 aliphatic carbocycles. The maximum atomic E-state index is 10.9. The Morgan fingerprint density at radius 2 is 2.31 bits per heavy atom. The van der Waals surface area contributed by atoms with Crippen molar-refractivity contribution in [3.63, 3.8) is 0 Å². The summed E-state index contributed by atoms with van der Waals surface area (Å²) in [5, 5.41) is 3.45. The van der Waals surface area contributed by atoms with Crippen molar-refractivity contribution >= 4 is 38.1 Å². The van der Waals surface area contributed by atoms with Gasteiger partial charge in [-0.15, -0.1) is 11.3 Å². The predicted molar refractivity (Wildman–Crippen MR) is 76.6 cm³/mol. The summed E-state index contributed by atoms with van der Waals surface area (Å²) in [6.45, 7) is 5.14. The van der Waals surface area contributed by atoms with Gasteiger partial charge in [0.1, 0.15) is 0 Å². The Bertz CT molecular complexity index is 345. The molecule has 0 radical (unpaired) electrons. The first kappa shape index (κ1) is 14.4. The molecule has 0 saturated heterocycles. The van der Waals surface area contributed by atoms with Crippen LogP contribution in [0.1, 0.15) is 23.8 Å². The molecule has 16 heavy (non-hydrogen) atoms. The van der Waals surface area contributed by atoms with Gasteiger partial charge in [-0.25, -0.2) is 0 Å². The summed E-state index contributed by atoms with van der Waals surface area (Å²) in [5.41, 5.74) is 1.30. The van der Waals surface area contributed by atoms with E-state index in [4.69, 9.17) is 0 Å². The van der Waals surface area contributed by atoms with Crippen molar-refractivity contribution in [1.82, 2.24) is 5.32 Å². The van der Waals surface area contributed by atoms with Gasteiger partial charge in [0, 0.05) is 40.3 Å². The van der Waals surface area contributed by atoms with E-state index in [2.05, 4.69) is 41.2 Å². The van der Waals surface area contributed by atoms with E-state index in [1.807, 2.05) is 0 Å². The molecule has 1 rings (SSSR count). The summed E-state index contributed by atoms with van der Waals surface area (Å²) >= 11 is 5.30. The third kappa shape index (κ3) is 5.08. The lowest BCUT2D eigenvalue weighted by Crippen LogP contribution is -2.26. The number of halogens is 1. The molecule has 0 aliphatic rings. The minimum atomic E-state index is -0.679. The zero-order chi connectivity index (χ0) is 12.1. The van der Waals surface area contributed by atoms with Crippen LogP contribution in [0.4, 0.5) is 0 Å². The molecule has 2 atom stereocenters. The summed E-state index contributed by atoms with van der Waals surface area (Å²) in [6, 6.07) is 2.62. The molecule has 0 saturated carbocycles. The van der Waals surface area contributed by atoms with Gasteiger partial charge >= 0.3 is 0 Å². The molecule has 0 bridgehead atoms. The van der Waals surface area contributed by atoms with Crippen molar-refractivity contribution in [3.8, 4) is 0 Å². The molecule has 0 fully saturated rings. The Morgan fingerprint density at radius 1 is 1.62 bits per heavy atom. The standard InChI is InChI=1S/C11H18BrNOS2/c1-8-6-10(15-11(8)12)7-13-9(2)4-5-16(3)14/h6,9,13H,4-5,7H2,1-3H3. The molecule has 1 aromatic rings. The van der Waals surface area contributed by atoms with E-state index < -0.39 is 10.8 Å². The number of hydrogen-bond acceptors (Lipinski definition) is 3. The Balaban J connectivity index is 2.31. The molecule has 1 aromatic heterocycles. The lowest BCUT2D eigenvalue weighted by atomic mass is 10.2. The van der Waals surface area contributed by atoms with Crippen LogP contribution in [0.3, 0.4) is 0 Å². The van der Waals surface area contributed by atoms with E-state index in [0.717, 1.165) is 18.7 Å². The normalized spacial score (nSPS) is 15.0. The van der Waals surface area contributed by atoms with Gasteiger partial charge in [-0.3, -0.25) is 4.21 Å². The maximum Gasteiger partial charge on any atom is 0.0730 e. The molecule has 1 heterocycles. The average Bonchev–Trinajstić information content (AvgIpc) is 2.52. The molecule has 5 heteroatoms. The highest BCUT2D eigenvalue weighted by Gasteiger charge is 2.06. The maximum absolute atomic E-state index is 10.9. The Morgan fingerprint density at radius 3 is 2.81 bits per heavy atom. The van der Waals surface area contributed by atoms with Crippen molar-refractivity contribution in [1.29, 1.82) is 0 Å². The van der Waals surface area contributed by atoms with Crippen LogP contribution in [0.25, 0.3) is 0 Å². The summed E-state index contributed by atoms with van der Waals surface area (Å²) in [5.74, 6) is 0.779. The van der Waals surface area contributed by atoms with Crippen LogP contribution < -0.4 is 5.32 Å². The van der Waals surface area contributed by atoms with Crippen LogP contribution in [0.2, 0.25) is 0 Å². The van der Waals surface area contributed by atoms with E-state index in [9.17, 15) is 4.21 Å². The zero-order valence-electron chi connectivity index (χ0n) is 9.88. The highest BCUT2D eigenvalue weighted by molar-refractivity contribution is 9.11. The molecular formula is C11H18BrNOS2. The minimum Gasteiger partial charge on any atom is -0.309 e. The average molecular weight is 324 g/mol. The van der Waals surface area contributed by atoms with Crippen molar-refractivity contribution in [2.45, 2.75) is 32.9 Å². The molecule has 2 unspecified atom stereocenters. The van der Waals surface area contributed by atoms with E-state index in [-0.39, 0.29) is 0 Å². The van der Waals surface area contributed by atoms with Gasteiger partial charge < -0.3 is 5.32 Å². The lowest BCUT2D eigenvalue weighted by molar-refractivity contribution is 0.538. The highest BCUT2D eigenvalue weighted by Crippen LogP contribution is 2.27. The van der Waals surface area contributed by atoms with E-state index in [1.165, 1.54) is 14.2 Å². The molecule has 0 amide bonds. The first-order chi connectivity index (χ1) is 7.49. The summed E-state index contributed by atoms with van der Waals surface area (Å²) in [7, 11) is -0.679. The van der Waals surface area contributed by atoms with Gasteiger partial charge in [0.2, 0.25) is 0 Å². The Hall–Kier alpha value is 0.290. The molecular weight excluding hydrogens is 306 g/mol. The molecule has 0 aromatic carbocycles. The number of aryl methyl sites for hydroxylation is 1. The Labute approximate surface area is 112 Å². The van der Waals surface area contributed by atoms with E-state index >= 15 is 0 Å². The Kier molecular flexibility index (Phi) is 6.18. The zero-order valence-corrected chi connectivity index (χ0v) is 13.1. The third-order valence-electron chi connectivity index (χ3n) is 2.37. The third-order valence-corrected chi connectivity index (χ3v) is 5.32. The van der Waals surface area contributed by atoms with Crippen LogP contribution in [0.5, 0.6) is 0 Å². The second-order valence-electron chi connectivity index (χ2n) is 4.02. The fourth-order valence-corrected chi connectivity index (χ4v) is 3.60. The summed E-state index contributed by atoms with van der Waals surface area (Å²) in [4.78, 5) is 1.34. The van der Waals surface area contributed by atoms with Gasteiger partial charge in [-0.2, -0.15) is 0 Å². The molecule has 92 valence electrons. The number of thiophene rings is 1. The minimum absolute atomic E-state index is 0.421. The SMILES string of the molecule is Cc1cc(CNC(C)CCS(C)=O)sc1Br. The fourth-order valence-electron chi connectivity index (χ4n) is 1.33. The number of rotatable bonds is 6. The predicted octanol–water partition coefficient (Wildman–Crippen LogP) is 3.07. The second kappa shape index (κ2) is 6.89. The molecule has 0 aliphatic heterocycles. The van der Waals surface area contributed by atoms with Crippen molar-refractivity contribution in [2.24, 2.45) is 0 Å². The van der Waals surface area contributed by atoms with Crippen LogP contribution in [-0.2, 0) is 17.3 Å². The fraction of sp³-hybridized carbons (Fsp3) is 0.636. The topological polar surface area (TPSA) is 29.1 Å². The van der Waals surface area contributed by atoms with Crippen LogP contribution in [0, 0.1) is 6.92 Å². The van der Waals surface area contributed by atoms with Crippen LogP contribution in [0.15, 0.2) is 9.85 Å². The summed E-state index contributed by atoms with van der Waals surface area (Å²) < 4.78 is 12.2. The first-order valence-corrected chi connectivity index (χ1v) is 8.61. The largest absolute Gasteiger partial charge is 0.309 e. The van der Waals surface area contributed by atoms with E-state index in [1.54, 1.807) is 17.6 Å². The van der Waals surface area contributed by atoms with E-state index in [0.29, 0.717) is 6.04 Å². The van der Waals surface area contributed by atoms with Gasteiger partial charge in [0.05, 0.1) is 3.79 Å². The van der Waals surface area contributed by atoms with Crippen molar-refractivity contribution in [3.05, 3.63) is 20.3 Å². The second-order valence-corrected chi connectivity index (χ2v) is 8.03. The van der Waals surface area contributed by atoms with Crippen molar-refractivity contribution < 1.29 is 4.21 Å². The smallest absolute Gasteiger partial charge is 0.0730 e. The van der Waals surface area contributed by atoms with Crippen molar-refractivity contribution in [2.75, 3.05) is 12.0 Å². The molecule has 1 N–H and O–H groups in total. The number of nitrogens with one attached hydrogen (secondary N) is 1. The first-order valence-electron chi connectivity index (χ1n) is 5.27. The quantitative estimate of drug-likeness (QED) is 0.871.